The number of rotatable bonds is 5. The number of methoxy groups -OCH3 is 1. The summed E-state index contributed by atoms with van der Waals surface area (Å²) in [7, 11) is 1.55. The summed E-state index contributed by atoms with van der Waals surface area (Å²) in [5.74, 6) is 1.29. The van der Waals surface area contributed by atoms with Gasteiger partial charge in [-0.1, -0.05) is 19.8 Å². The van der Waals surface area contributed by atoms with Crippen LogP contribution in [0.4, 0.5) is 0 Å². The Morgan fingerprint density at radius 2 is 2.32 bits per heavy atom. The molecule has 5 nitrogen and oxygen atoms in total. The Kier molecular flexibility index (Phi) is 4.96. The van der Waals surface area contributed by atoms with Crippen LogP contribution < -0.4 is 15.6 Å². The summed E-state index contributed by atoms with van der Waals surface area (Å²) in [6.07, 6.45) is 5.12. The van der Waals surface area contributed by atoms with Crippen LogP contribution >= 0.6 is 0 Å². The monoisotopic (exact) mass is 265 g/mol. The van der Waals surface area contributed by atoms with Gasteiger partial charge < -0.3 is 10.1 Å². The quantitative estimate of drug-likeness (QED) is 0.875. The van der Waals surface area contributed by atoms with Crippen molar-refractivity contribution in [2.45, 2.75) is 45.2 Å². The van der Waals surface area contributed by atoms with Crippen molar-refractivity contribution >= 4 is 0 Å². The SMILES string of the molecule is COc1ccc(=O)n(CCNC2CCCC(C)C2)n1. The second-order valence-corrected chi connectivity index (χ2v) is 5.36. The van der Waals surface area contributed by atoms with Gasteiger partial charge in [0.05, 0.1) is 13.7 Å². The second-order valence-electron chi connectivity index (χ2n) is 5.36. The Balaban J connectivity index is 1.83. The predicted octanol–water partition coefficient (Wildman–Crippen LogP) is 1.42. The van der Waals surface area contributed by atoms with Crippen molar-refractivity contribution < 1.29 is 4.74 Å². The van der Waals surface area contributed by atoms with Crippen molar-refractivity contribution in [3.8, 4) is 5.88 Å². The van der Waals surface area contributed by atoms with Gasteiger partial charge in [0.2, 0.25) is 5.88 Å². The first-order valence-corrected chi connectivity index (χ1v) is 7.04. The van der Waals surface area contributed by atoms with E-state index in [4.69, 9.17) is 4.74 Å². The zero-order valence-corrected chi connectivity index (χ0v) is 11.8. The molecule has 0 saturated heterocycles. The summed E-state index contributed by atoms with van der Waals surface area (Å²) in [6, 6.07) is 3.67. The lowest BCUT2D eigenvalue weighted by Gasteiger charge is -2.27. The van der Waals surface area contributed by atoms with Gasteiger partial charge in [-0.25, -0.2) is 4.68 Å². The van der Waals surface area contributed by atoms with E-state index in [1.807, 2.05) is 0 Å². The molecule has 0 aromatic carbocycles. The maximum Gasteiger partial charge on any atom is 0.267 e. The largest absolute Gasteiger partial charge is 0.480 e. The van der Waals surface area contributed by atoms with Crippen LogP contribution in [0.15, 0.2) is 16.9 Å². The minimum Gasteiger partial charge on any atom is -0.480 e. The molecule has 0 aliphatic heterocycles. The van der Waals surface area contributed by atoms with Gasteiger partial charge in [-0.05, 0) is 18.8 Å². The standard InChI is InChI=1S/C14H23N3O2/c1-11-4-3-5-12(10-11)15-8-9-17-14(18)7-6-13(16-17)19-2/h6-7,11-12,15H,3-5,8-10H2,1-2H3. The minimum atomic E-state index is -0.0837. The fourth-order valence-corrected chi connectivity index (χ4v) is 2.69. The number of nitrogens with one attached hydrogen (secondary N) is 1. The van der Waals surface area contributed by atoms with Crippen LogP contribution in [0.3, 0.4) is 0 Å². The van der Waals surface area contributed by atoms with Gasteiger partial charge >= 0.3 is 0 Å². The number of ether oxygens (including phenoxy) is 1. The summed E-state index contributed by atoms with van der Waals surface area (Å²) in [6.45, 7) is 3.67. The van der Waals surface area contributed by atoms with E-state index in [0.717, 1.165) is 12.5 Å². The minimum absolute atomic E-state index is 0.0837. The van der Waals surface area contributed by atoms with E-state index in [1.54, 1.807) is 13.2 Å². The highest BCUT2D eigenvalue weighted by atomic mass is 16.5. The lowest BCUT2D eigenvalue weighted by Crippen LogP contribution is -2.37. The van der Waals surface area contributed by atoms with E-state index >= 15 is 0 Å². The molecule has 19 heavy (non-hydrogen) atoms. The number of aromatic nitrogens is 2. The van der Waals surface area contributed by atoms with Gasteiger partial charge in [0.15, 0.2) is 0 Å². The third-order valence-corrected chi connectivity index (χ3v) is 3.74. The molecule has 0 amide bonds. The van der Waals surface area contributed by atoms with Gasteiger partial charge in [0, 0.05) is 24.7 Å². The van der Waals surface area contributed by atoms with E-state index in [2.05, 4.69) is 17.3 Å². The van der Waals surface area contributed by atoms with E-state index in [-0.39, 0.29) is 5.56 Å². The molecule has 1 aliphatic rings. The predicted molar refractivity (Wildman–Crippen MR) is 74.5 cm³/mol. The summed E-state index contributed by atoms with van der Waals surface area (Å²) < 4.78 is 6.49. The first-order valence-electron chi connectivity index (χ1n) is 7.04. The van der Waals surface area contributed by atoms with Crippen molar-refractivity contribution in [2.75, 3.05) is 13.7 Å². The van der Waals surface area contributed by atoms with Gasteiger partial charge in [-0.2, -0.15) is 0 Å². The van der Waals surface area contributed by atoms with Crippen LogP contribution in [0, 0.1) is 5.92 Å². The van der Waals surface area contributed by atoms with Crippen molar-refractivity contribution in [3.05, 3.63) is 22.5 Å². The molecule has 1 fully saturated rings. The molecule has 2 unspecified atom stereocenters. The maximum absolute atomic E-state index is 11.6. The normalized spacial score (nSPS) is 23.3. The molecule has 0 bridgehead atoms. The molecular formula is C14H23N3O2. The molecular weight excluding hydrogens is 242 g/mol. The summed E-state index contributed by atoms with van der Waals surface area (Å²) in [4.78, 5) is 11.6. The highest BCUT2D eigenvalue weighted by molar-refractivity contribution is 5.05. The Bertz CT molecular complexity index is 458. The van der Waals surface area contributed by atoms with E-state index in [1.165, 1.54) is 36.4 Å². The number of hydrogen-bond acceptors (Lipinski definition) is 4. The lowest BCUT2D eigenvalue weighted by molar-refractivity contribution is 0.296. The van der Waals surface area contributed by atoms with Crippen molar-refractivity contribution in [3.63, 3.8) is 0 Å². The molecule has 1 N–H and O–H groups in total. The fourth-order valence-electron chi connectivity index (χ4n) is 2.69. The molecule has 1 saturated carbocycles. The van der Waals surface area contributed by atoms with Crippen molar-refractivity contribution in [2.24, 2.45) is 5.92 Å². The smallest absolute Gasteiger partial charge is 0.267 e. The van der Waals surface area contributed by atoms with Crippen LogP contribution in [0.5, 0.6) is 5.88 Å². The van der Waals surface area contributed by atoms with Gasteiger partial charge in [-0.3, -0.25) is 4.79 Å². The van der Waals surface area contributed by atoms with Gasteiger partial charge in [-0.15, -0.1) is 5.10 Å². The number of nitrogens with zero attached hydrogens (tertiary/aromatic N) is 2. The van der Waals surface area contributed by atoms with E-state index in [9.17, 15) is 4.79 Å². The molecule has 1 aromatic rings. The zero-order chi connectivity index (χ0) is 13.7. The first-order chi connectivity index (χ1) is 9.19. The first kappa shape index (κ1) is 14.1. The van der Waals surface area contributed by atoms with Crippen molar-refractivity contribution in [1.29, 1.82) is 0 Å². The molecule has 1 heterocycles. The van der Waals surface area contributed by atoms with Crippen molar-refractivity contribution in [1.82, 2.24) is 15.1 Å². The molecule has 0 spiro atoms. The van der Waals surface area contributed by atoms with Crippen LogP contribution in [0.2, 0.25) is 0 Å². The fraction of sp³-hybridized carbons (Fsp3) is 0.714. The molecule has 1 aromatic heterocycles. The lowest BCUT2D eigenvalue weighted by atomic mass is 9.87. The summed E-state index contributed by atoms with van der Waals surface area (Å²) >= 11 is 0. The second kappa shape index (κ2) is 6.70. The van der Waals surface area contributed by atoms with Gasteiger partial charge in [0.1, 0.15) is 0 Å². The molecule has 106 valence electrons. The Morgan fingerprint density at radius 1 is 1.47 bits per heavy atom. The van der Waals surface area contributed by atoms with E-state index < -0.39 is 0 Å². The Hall–Kier alpha value is -1.36. The Labute approximate surface area is 114 Å². The van der Waals surface area contributed by atoms with Crippen LogP contribution in [-0.4, -0.2) is 29.5 Å². The summed E-state index contributed by atoms with van der Waals surface area (Å²) in [5.41, 5.74) is -0.0837. The summed E-state index contributed by atoms with van der Waals surface area (Å²) in [5, 5.41) is 7.65. The molecule has 1 aliphatic carbocycles. The molecule has 5 heteroatoms. The number of hydrogen-bond donors (Lipinski definition) is 1. The molecule has 2 rings (SSSR count). The van der Waals surface area contributed by atoms with Crippen LogP contribution in [0.1, 0.15) is 32.6 Å². The maximum atomic E-state index is 11.6. The van der Waals surface area contributed by atoms with E-state index in [0.29, 0.717) is 18.5 Å². The average Bonchev–Trinajstić information content (AvgIpc) is 2.41. The van der Waals surface area contributed by atoms with Crippen LogP contribution in [-0.2, 0) is 6.54 Å². The zero-order valence-electron chi connectivity index (χ0n) is 11.8. The highest BCUT2D eigenvalue weighted by Crippen LogP contribution is 2.23. The van der Waals surface area contributed by atoms with Gasteiger partial charge in [0.25, 0.3) is 5.56 Å². The highest BCUT2D eigenvalue weighted by Gasteiger charge is 2.17. The molecule has 2 atom stereocenters. The Morgan fingerprint density at radius 3 is 3.05 bits per heavy atom. The third kappa shape index (κ3) is 4.06. The molecule has 0 radical (unpaired) electrons. The average molecular weight is 265 g/mol. The topological polar surface area (TPSA) is 56.1 Å². The van der Waals surface area contributed by atoms with Crippen LogP contribution in [0.25, 0.3) is 0 Å². The third-order valence-electron chi connectivity index (χ3n) is 3.74.